The average Bonchev–Trinajstić information content (AvgIpc) is 3.05. The van der Waals surface area contributed by atoms with Crippen LogP contribution >= 0.6 is 0 Å². The van der Waals surface area contributed by atoms with E-state index in [1.165, 1.54) is 17.7 Å². The molecule has 2 aromatic rings. The maximum Gasteiger partial charge on any atom is 0.223 e. The number of carbonyl (C=O) groups is 1. The van der Waals surface area contributed by atoms with E-state index in [2.05, 4.69) is 6.07 Å². The number of halogens is 1. The van der Waals surface area contributed by atoms with Crippen molar-refractivity contribution >= 4 is 5.91 Å². The van der Waals surface area contributed by atoms with E-state index in [0.29, 0.717) is 25.4 Å². The topological polar surface area (TPSA) is 61.9 Å². The van der Waals surface area contributed by atoms with Crippen LogP contribution in [0, 0.1) is 35.9 Å². The van der Waals surface area contributed by atoms with Crippen LogP contribution in [0.2, 0.25) is 0 Å². The lowest BCUT2D eigenvalue weighted by Gasteiger charge is -2.31. The summed E-state index contributed by atoms with van der Waals surface area (Å²) >= 11 is 0. The quantitative estimate of drug-likeness (QED) is 0.788. The van der Waals surface area contributed by atoms with E-state index in [4.69, 9.17) is 10.4 Å². The van der Waals surface area contributed by atoms with E-state index in [9.17, 15) is 9.18 Å². The van der Waals surface area contributed by atoms with Gasteiger partial charge in [0.25, 0.3) is 0 Å². The van der Waals surface area contributed by atoms with Gasteiger partial charge < -0.3 is 4.90 Å². The number of hydrogen-bond acceptors (Lipinski definition) is 3. The molecule has 5 nitrogen and oxygen atoms in total. The van der Waals surface area contributed by atoms with Gasteiger partial charge in [-0.05, 0) is 68.2 Å². The summed E-state index contributed by atoms with van der Waals surface area (Å²) < 4.78 is 15.2. The first kappa shape index (κ1) is 19.6. The molecule has 1 amide bonds. The number of aryl methyl sites for hydroxylation is 1. The summed E-state index contributed by atoms with van der Waals surface area (Å²) in [7, 11) is 0. The summed E-state index contributed by atoms with van der Waals surface area (Å²) in [5.41, 5.74) is 4.35. The van der Waals surface area contributed by atoms with Crippen LogP contribution in [0.5, 0.6) is 0 Å². The molecule has 1 fully saturated rings. The predicted octanol–water partition coefficient (Wildman–Crippen LogP) is 3.98. The Labute approximate surface area is 171 Å². The van der Waals surface area contributed by atoms with Crippen LogP contribution in [0.15, 0.2) is 24.3 Å². The average molecular weight is 394 g/mol. The first-order chi connectivity index (χ1) is 14.0. The molecule has 2 heterocycles. The SMILES string of the molecule is Cc1nn(Cc2ccc(F)cc2)c2c1CCN(C(=O)CC1CCC(C#N)CC1)C2. The van der Waals surface area contributed by atoms with E-state index in [1.54, 1.807) is 12.1 Å². The highest BCUT2D eigenvalue weighted by atomic mass is 19.1. The molecule has 0 spiro atoms. The number of fused-ring (bicyclic) bond motifs is 1. The highest BCUT2D eigenvalue weighted by Crippen LogP contribution is 2.31. The van der Waals surface area contributed by atoms with Crippen molar-refractivity contribution in [1.29, 1.82) is 5.26 Å². The molecule has 0 radical (unpaired) electrons. The summed E-state index contributed by atoms with van der Waals surface area (Å²) in [6.45, 7) is 3.92. The molecule has 0 bridgehead atoms. The summed E-state index contributed by atoms with van der Waals surface area (Å²) in [5.74, 6) is 0.540. The van der Waals surface area contributed by atoms with Crippen molar-refractivity contribution in [3.8, 4) is 6.07 Å². The normalized spacial score (nSPS) is 21.5. The Hall–Kier alpha value is -2.68. The smallest absolute Gasteiger partial charge is 0.223 e. The third-order valence-electron chi connectivity index (χ3n) is 6.43. The number of amides is 1. The molecule has 1 saturated carbocycles. The highest BCUT2D eigenvalue weighted by Gasteiger charge is 2.29. The van der Waals surface area contributed by atoms with Gasteiger partial charge in [-0.3, -0.25) is 9.48 Å². The molecule has 1 aliphatic carbocycles. The maximum absolute atomic E-state index is 13.2. The van der Waals surface area contributed by atoms with Crippen LogP contribution in [-0.2, 0) is 24.3 Å². The Morgan fingerprint density at radius 1 is 1.24 bits per heavy atom. The molecule has 1 aromatic heterocycles. The van der Waals surface area contributed by atoms with Crippen LogP contribution in [0.4, 0.5) is 4.39 Å². The first-order valence-electron chi connectivity index (χ1n) is 10.5. The second kappa shape index (κ2) is 8.36. The van der Waals surface area contributed by atoms with E-state index < -0.39 is 0 Å². The van der Waals surface area contributed by atoms with Crippen molar-refractivity contribution in [2.75, 3.05) is 6.54 Å². The van der Waals surface area contributed by atoms with E-state index in [1.807, 2.05) is 16.5 Å². The van der Waals surface area contributed by atoms with Gasteiger partial charge >= 0.3 is 0 Å². The van der Waals surface area contributed by atoms with Gasteiger partial charge in [0.15, 0.2) is 0 Å². The molecule has 1 aliphatic heterocycles. The number of benzene rings is 1. The third kappa shape index (κ3) is 4.34. The zero-order valence-corrected chi connectivity index (χ0v) is 16.9. The standard InChI is InChI=1S/C23H27FN4O/c1-16-21-10-11-27(23(29)12-17-2-4-18(13-25)5-3-17)15-22(21)28(26-16)14-19-6-8-20(24)9-7-19/h6-9,17-18H,2-5,10-12,14-15H2,1H3. The lowest BCUT2D eigenvalue weighted by molar-refractivity contribution is -0.133. The van der Waals surface area contributed by atoms with Gasteiger partial charge in [-0.1, -0.05) is 12.1 Å². The van der Waals surface area contributed by atoms with E-state index >= 15 is 0 Å². The second-order valence-electron chi connectivity index (χ2n) is 8.41. The predicted molar refractivity (Wildman–Crippen MR) is 107 cm³/mol. The molecule has 6 heteroatoms. The van der Waals surface area contributed by atoms with Crippen LogP contribution in [0.25, 0.3) is 0 Å². The van der Waals surface area contributed by atoms with Crippen LogP contribution in [-0.4, -0.2) is 27.1 Å². The van der Waals surface area contributed by atoms with Crippen LogP contribution < -0.4 is 0 Å². The molecule has 2 aliphatic rings. The zero-order chi connectivity index (χ0) is 20.4. The minimum Gasteiger partial charge on any atom is -0.336 e. The molecule has 1 aromatic carbocycles. The summed E-state index contributed by atoms with van der Waals surface area (Å²) in [6, 6.07) is 8.85. The first-order valence-corrected chi connectivity index (χ1v) is 10.5. The largest absolute Gasteiger partial charge is 0.336 e. The Morgan fingerprint density at radius 3 is 2.66 bits per heavy atom. The molecule has 0 atom stereocenters. The lowest BCUT2D eigenvalue weighted by atomic mass is 9.81. The fourth-order valence-corrected chi connectivity index (χ4v) is 4.65. The van der Waals surface area contributed by atoms with Crippen LogP contribution in [0.1, 0.15) is 54.6 Å². The molecular formula is C23H27FN4O. The number of nitrogens with zero attached hydrogens (tertiary/aromatic N) is 4. The van der Waals surface area contributed by atoms with Crippen molar-refractivity contribution in [2.45, 2.75) is 58.5 Å². The molecule has 0 saturated heterocycles. The minimum atomic E-state index is -0.243. The van der Waals surface area contributed by atoms with E-state index in [0.717, 1.165) is 55.6 Å². The fourth-order valence-electron chi connectivity index (χ4n) is 4.65. The van der Waals surface area contributed by atoms with Gasteiger partial charge in [0.2, 0.25) is 5.91 Å². The molecule has 0 N–H and O–H groups in total. The number of rotatable bonds is 4. The lowest BCUT2D eigenvalue weighted by Crippen LogP contribution is -2.38. The zero-order valence-electron chi connectivity index (χ0n) is 16.9. The van der Waals surface area contributed by atoms with Gasteiger partial charge in [-0.15, -0.1) is 0 Å². The van der Waals surface area contributed by atoms with Gasteiger partial charge in [0, 0.05) is 18.9 Å². The second-order valence-corrected chi connectivity index (χ2v) is 8.41. The monoisotopic (exact) mass is 394 g/mol. The Bertz CT molecular complexity index is 920. The summed E-state index contributed by atoms with van der Waals surface area (Å²) in [4.78, 5) is 14.9. The maximum atomic E-state index is 13.2. The third-order valence-corrected chi connectivity index (χ3v) is 6.43. The van der Waals surface area contributed by atoms with Crippen molar-refractivity contribution in [1.82, 2.24) is 14.7 Å². The summed E-state index contributed by atoms with van der Waals surface area (Å²) in [5, 5.41) is 13.7. The molecule has 4 rings (SSSR count). The van der Waals surface area contributed by atoms with Gasteiger partial charge in [0.1, 0.15) is 5.82 Å². The molecule has 29 heavy (non-hydrogen) atoms. The van der Waals surface area contributed by atoms with Gasteiger partial charge in [0.05, 0.1) is 30.5 Å². The van der Waals surface area contributed by atoms with E-state index in [-0.39, 0.29) is 17.6 Å². The number of aromatic nitrogens is 2. The highest BCUT2D eigenvalue weighted by molar-refractivity contribution is 5.76. The number of nitriles is 1. The number of carbonyl (C=O) groups excluding carboxylic acids is 1. The van der Waals surface area contributed by atoms with Gasteiger partial charge in [-0.25, -0.2) is 4.39 Å². The van der Waals surface area contributed by atoms with Crippen molar-refractivity contribution < 1.29 is 9.18 Å². The molecule has 152 valence electrons. The fraction of sp³-hybridized carbons (Fsp3) is 0.522. The summed E-state index contributed by atoms with van der Waals surface area (Å²) in [6.07, 6.45) is 5.20. The Morgan fingerprint density at radius 2 is 1.97 bits per heavy atom. The van der Waals surface area contributed by atoms with Crippen molar-refractivity contribution in [3.05, 3.63) is 52.6 Å². The minimum absolute atomic E-state index is 0.169. The molecule has 0 unspecified atom stereocenters. The van der Waals surface area contributed by atoms with Crippen LogP contribution in [0.3, 0.4) is 0 Å². The Kier molecular flexibility index (Phi) is 5.66. The van der Waals surface area contributed by atoms with Crippen molar-refractivity contribution in [2.24, 2.45) is 11.8 Å². The van der Waals surface area contributed by atoms with Crippen molar-refractivity contribution in [3.63, 3.8) is 0 Å². The number of hydrogen-bond donors (Lipinski definition) is 0. The Balaban J connectivity index is 1.43. The molecular weight excluding hydrogens is 367 g/mol. The van der Waals surface area contributed by atoms with Gasteiger partial charge in [-0.2, -0.15) is 10.4 Å².